The first-order valence-corrected chi connectivity index (χ1v) is 8.05. The van der Waals surface area contributed by atoms with Gasteiger partial charge in [-0.3, -0.25) is 14.5 Å². The van der Waals surface area contributed by atoms with Crippen LogP contribution in [0.2, 0.25) is 0 Å². The maximum absolute atomic E-state index is 12.4. The third-order valence-corrected chi connectivity index (χ3v) is 3.78. The monoisotopic (exact) mass is 365 g/mol. The van der Waals surface area contributed by atoms with Gasteiger partial charge in [0.15, 0.2) is 13.2 Å². The Kier molecular flexibility index (Phi) is 5.33. The molecule has 0 atom stereocenters. The quantitative estimate of drug-likeness (QED) is 0.804. The first kappa shape index (κ1) is 17.9. The molecule has 1 aliphatic heterocycles. The van der Waals surface area contributed by atoms with Gasteiger partial charge in [0.25, 0.3) is 5.91 Å². The highest BCUT2D eigenvalue weighted by Gasteiger charge is 2.27. The van der Waals surface area contributed by atoms with E-state index in [1.54, 1.807) is 48.5 Å². The number of nitriles is 1. The summed E-state index contributed by atoms with van der Waals surface area (Å²) in [5.41, 5.74) is 1.35. The lowest BCUT2D eigenvalue weighted by molar-refractivity contribution is -0.149. The van der Waals surface area contributed by atoms with Gasteiger partial charge in [-0.15, -0.1) is 0 Å². The molecule has 1 N–H and O–H groups in total. The fourth-order valence-corrected chi connectivity index (χ4v) is 2.54. The van der Waals surface area contributed by atoms with E-state index < -0.39 is 25.1 Å². The number of nitrogens with one attached hydrogen (secondary N) is 1. The predicted molar refractivity (Wildman–Crippen MR) is 95.0 cm³/mol. The summed E-state index contributed by atoms with van der Waals surface area (Å²) in [6.07, 6.45) is 0. The summed E-state index contributed by atoms with van der Waals surface area (Å²) in [5, 5.41) is 11.6. The number of carbonyl (C=O) groups excluding carboxylic acids is 3. The number of carbonyl (C=O) groups is 3. The van der Waals surface area contributed by atoms with E-state index in [2.05, 4.69) is 5.32 Å². The van der Waals surface area contributed by atoms with E-state index >= 15 is 0 Å². The SMILES string of the molecule is N#Cc1ccccc1OCC(=O)OCC(=O)N1CC(=O)Nc2ccccc21. The van der Waals surface area contributed by atoms with Crippen LogP contribution in [-0.2, 0) is 19.1 Å². The number of hydrogen-bond acceptors (Lipinski definition) is 6. The number of esters is 1. The summed E-state index contributed by atoms with van der Waals surface area (Å²) >= 11 is 0. The Hall–Kier alpha value is -3.86. The molecule has 27 heavy (non-hydrogen) atoms. The Morgan fingerprint density at radius 1 is 1.11 bits per heavy atom. The number of benzene rings is 2. The van der Waals surface area contributed by atoms with Crippen LogP contribution in [0.3, 0.4) is 0 Å². The van der Waals surface area contributed by atoms with E-state index in [4.69, 9.17) is 14.7 Å². The van der Waals surface area contributed by atoms with Gasteiger partial charge in [0.1, 0.15) is 18.4 Å². The Bertz CT molecular complexity index is 935. The average molecular weight is 365 g/mol. The van der Waals surface area contributed by atoms with Crippen LogP contribution in [0.15, 0.2) is 48.5 Å². The number of nitrogens with zero attached hydrogens (tertiary/aromatic N) is 2. The lowest BCUT2D eigenvalue weighted by Crippen LogP contribution is -2.44. The van der Waals surface area contributed by atoms with Crippen molar-refractivity contribution in [2.24, 2.45) is 0 Å². The highest BCUT2D eigenvalue weighted by molar-refractivity contribution is 6.10. The van der Waals surface area contributed by atoms with Crippen LogP contribution in [0.5, 0.6) is 5.75 Å². The Morgan fingerprint density at radius 2 is 1.85 bits per heavy atom. The van der Waals surface area contributed by atoms with E-state index in [0.717, 1.165) is 0 Å². The lowest BCUT2D eigenvalue weighted by atomic mass is 10.2. The van der Waals surface area contributed by atoms with Crippen LogP contribution in [0.1, 0.15) is 5.56 Å². The molecule has 8 heteroatoms. The number of rotatable bonds is 5. The standard InChI is InChI=1S/C19H15N3O5/c20-9-13-5-1-4-8-16(13)26-12-19(25)27-11-18(24)22-10-17(23)21-14-6-2-3-7-15(14)22/h1-8H,10-12H2,(H,21,23). The molecule has 2 aromatic rings. The van der Waals surface area contributed by atoms with Gasteiger partial charge in [-0.1, -0.05) is 24.3 Å². The van der Waals surface area contributed by atoms with E-state index in [1.807, 2.05) is 6.07 Å². The van der Waals surface area contributed by atoms with Gasteiger partial charge in [-0.05, 0) is 24.3 Å². The van der Waals surface area contributed by atoms with Crippen molar-refractivity contribution < 1.29 is 23.9 Å². The third-order valence-electron chi connectivity index (χ3n) is 3.78. The molecule has 0 fully saturated rings. The smallest absolute Gasteiger partial charge is 0.344 e. The molecular formula is C19H15N3O5. The molecule has 3 rings (SSSR count). The summed E-state index contributed by atoms with van der Waals surface area (Å²) in [4.78, 5) is 37.2. The molecule has 0 saturated carbocycles. The number of amides is 2. The summed E-state index contributed by atoms with van der Waals surface area (Å²) in [6, 6.07) is 15.3. The minimum absolute atomic E-state index is 0.153. The van der Waals surface area contributed by atoms with Gasteiger partial charge >= 0.3 is 5.97 Å². The second-order valence-electron chi connectivity index (χ2n) is 5.60. The minimum atomic E-state index is -0.758. The second kappa shape index (κ2) is 8.01. The van der Waals surface area contributed by atoms with Gasteiger partial charge < -0.3 is 14.8 Å². The number of fused-ring (bicyclic) bond motifs is 1. The average Bonchev–Trinajstić information content (AvgIpc) is 2.69. The van der Waals surface area contributed by atoms with Gasteiger partial charge in [-0.2, -0.15) is 5.26 Å². The molecule has 0 saturated heterocycles. The molecule has 0 radical (unpaired) electrons. The fraction of sp³-hybridized carbons (Fsp3) is 0.158. The van der Waals surface area contributed by atoms with Gasteiger partial charge in [0.2, 0.25) is 5.91 Å². The predicted octanol–water partition coefficient (Wildman–Crippen LogP) is 1.47. The van der Waals surface area contributed by atoms with Crippen molar-refractivity contribution >= 4 is 29.2 Å². The summed E-state index contributed by atoms with van der Waals surface area (Å²) in [5.74, 6) is -1.36. The molecule has 1 aliphatic rings. The fourth-order valence-electron chi connectivity index (χ4n) is 2.54. The Balaban J connectivity index is 1.56. The van der Waals surface area contributed by atoms with Crippen molar-refractivity contribution in [2.45, 2.75) is 0 Å². The Morgan fingerprint density at radius 3 is 2.67 bits per heavy atom. The summed E-state index contributed by atoms with van der Waals surface area (Å²) < 4.78 is 10.2. The van der Waals surface area contributed by atoms with Gasteiger partial charge in [0.05, 0.1) is 16.9 Å². The summed E-state index contributed by atoms with van der Waals surface area (Å²) in [7, 11) is 0. The minimum Gasteiger partial charge on any atom is -0.481 e. The maximum atomic E-state index is 12.4. The van der Waals surface area contributed by atoms with Crippen LogP contribution in [0, 0.1) is 11.3 Å². The van der Waals surface area contributed by atoms with Crippen LogP contribution in [-0.4, -0.2) is 37.5 Å². The number of ether oxygens (including phenoxy) is 2. The highest BCUT2D eigenvalue weighted by atomic mass is 16.6. The van der Waals surface area contributed by atoms with Crippen molar-refractivity contribution in [1.29, 1.82) is 5.26 Å². The van der Waals surface area contributed by atoms with E-state index in [9.17, 15) is 14.4 Å². The molecule has 8 nitrogen and oxygen atoms in total. The molecule has 0 spiro atoms. The molecule has 1 heterocycles. The molecule has 0 bridgehead atoms. The van der Waals surface area contributed by atoms with E-state index in [-0.39, 0.29) is 23.8 Å². The van der Waals surface area contributed by atoms with Crippen LogP contribution < -0.4 is 15.0 Å². The largest absolute Gasteiger partial charge is 0.481 e. The van der Waals surface area contributed by atoms with E-state index in [1.165, 1.54) is 4.90 Å². The van der Waals surface area contributed by atoms with Crippen molar-refractivity contribution in [3.05, 3.63) is 54.1 Å². The molecule has 2 amide bonds. The first-order valence-electron chi connectivity index (χ1n) is 8.05. The number of hydrogen-bond donors (Lipinski definition) is 1. The van der Waals surface area contributed by atoms with Crippen molar-refractivity contribution in [2.75, 3.05) is 30.0 Å². The maximum Gasteiger partial charge on any atom is 0.344 e. The highest BCUT2D eigenvalue weighted by Crippen LogP contribution is 2.28. The van der Waals surface area contributed by atoms with Crippen LogP contribution >= 0.6 is 0 Å². The Labute approximate surface area is 154 Å². The van der Waals surface area contributed by atoms with Crippen LogP contribution in [0.25, 0.3) is 0 Å². The zero-order valence-corrected chi connectivity index (χ0v) is 14.2. The van der Waals surface area contributed by atoms with E-state index in [0.29, 0.717) is 11.4 Å². The molecule has 0 aromatic heterocycles. The number of anilines is 2. The van der Waals surface area contributed by atoms with Crippen molar-refractivity contribution in [3.8, 4) is 11.8 Å². The third kappa shape index (κ3) is 4.22. The lowest BCUT2D eigenvalue weighted by Gasteiger charge is -2.28. The zero-order valence-electron chi connectivity index (χ0n) is 14.2. The van der Waals surface area contributed by atoms with Gasteiger partial charge in [-0.25, -0.2) is 4.79 Å². The molecule has 0 aliphatic carbocycles. The second-order valence-corrected chi connectivity index (χ2v) is 5.60. The molecule has 136 valence electrons. The van der Waals surface area contributed by atoms with Crippen LogP contribution in [0.4, 0.5) is 11.4 Å². The van der Waals surface area contributed by atoms with Gasteiger partial charge in [0, 0.05) is 0 Å². The van der Waals surface area contributed by atoms with Crippen molar-refractivity contribution in [3.63, 3.8) is 0 Å². The first-order chi connectivity index (χ1) is 13.1. The molecule has 0 unspecified atom stereocenters. The van der Waals surface area contributed by atoms with Crippen molar-refractivity contribution in [1.82, 2.24) is 0 Å². The zero-order chi connectivity index (χ0) is 19.2. The molecule has 2 aromatic carbocycles. The molecular weight excluding hydrogens is 350 g/mol. The topological polar surface area (TPSA) is 109 Å². The number of para-hydroxylation sites is 3. The normalized spacial score (nSPS) is 12.4. The summed E-state index contributed by atoms with van der Waals surface area (Å²) in [6.45, 7) is -1.12.